The zero-order valence-corrected chi connectivity index (χ0v) is 13.8. The first-order valence-corrected chi connectivity index (χ1v) is 7.97. The van der Waals surface area contributed by atoms with Crippen LogP contribution in [0.15, 0.2) is 17.6 Å². The molecule has 2 aromatic rings. The van der Waals surface area contributed by atoms with E-state index in [1.807, 2.05) is 31.5 Å². The van der Waals surface area contributed by atoms with Crippen molar-refractivity contribution in [2.45, 2.75) is 45.5 Å². The van der Waals surface area contributed by atoms with Crippen molar-refractivity contribution in [1.29, 1.82) is 0 Å². The number of rotatable bonds is 5. The number of thiazole rings is 1. The van der Waals surface area contributed by atoms with Crippen LogP contribution in [0.3, 0.4) is 0 Å². The molecule has 0 radical (unpaired) electrons. The summed E-state index contributed by atoms with van der Waals surface area (Å²) < 4.78 is 2.18. The number of aromatic nitrogens is 2. The zero-order chi connectivity index (χ0) is 14.9. The topological polar surface area (TPSA) is 34.9 Å². The molecular formula is C15H19ClN2OS. The first kappa shape index (κ1) is 15.3. The van der Waals surface area contributed by atoms with E-state index in [0.29, 0.717) is 5.92 Å². The van der Waals surface area contributed by atoms with Crippen LogP contribution < -0.4 is 0 Å². The smallest absolute Gasteiger partial charge is 0.182 e. The quantitative estimate of drug-likeness (QED) is 0.613. The van der Waals surface area contributed by atoms with Crippen LogP contribution in [0.1, 0.15) is 46.5 Å². The second-order valence-corrected chi connectivity index (χ2v) is 6.73. The molecule has 2 rings (SSSR count). The van der Waals surface area contributed by atoms with Crippen molar-refractivity contribution < 1.29 is 4.79 Å². The van der Waals surface area contributed by atoms with Crippen molar-refractivity contribution in [3.05, 3.63) is 39.6 Å². The minimum Gasteiger partial charge on any atom is -0.348 e. The maximum Gasteiger partial charge on any atom is 0.182 e. The molecule has 20 heavy (non-hydrogen) atoms. The molecule has 0 aliphatic carbocycles. The Morgan fingerprint density at radius 1 is 1.45 bits per heavy atom. The molecule has 5 heteroatoms. The van der Waals surface area contributed by atoms with Crippen LogP contribution in [0, 0.1) is 13.8 Å². The SMILES string of the molecule is Cc1cc(C(=O)C(C)Cl)c(C)n1CC(C)c1nccs1. The maximum absolute atomic E-state index is 12.1. The molecule has 0 aliphatic heterocycles. The van der Waals surface area contributed by atoms with E-state index in [1.54, 1.807) is 18.3 Å². The second-order valence-electron chi connectivity index (χ2n) is 5.15. The van der Waals surface area contributed by atoms with E-state index in [1.165, 1.54) is 0 Å². The van der Waals surface area contributed by atoms with Crippen LogP contribution in [0.5, 0.6) is 0 Å². The highest BCUT2D eigenvalue weighted by molar-refractivity contribution is 7.09. The molecule has 0 aliphatic rings. The van der Waals surface area contributed by atoms with E-state index in [2.05, 4.69) is 16.5 Å². The minimum atomic E-state index is -0.486. The summed E-state index contributed by atoms with van der Waals surface area (Å²) >= 11 is 7.58. The third-order valence-corrected chi connectivity index (χ3v) is 4.74. The van der Waals surface area contributed by atoms with Gasteiger partial charge in [0.25, 0.3) is 0 Å². The van der Waals surface area contributed by atoms with Gasteiger partial charge in [0, 0.05) is 41.0 Å². The van der Waals surface area contributed by atoms with Crippen LogP contribution in [0.2, 0.25) is 0 Å². The lowest BCUT2D eigenvalue weighted by Crippen LogP contribution is -2.13. The monoisotopic (exact) mass is 310 g/mol. The highest BCUT2D eigenvalue weighted by Gasteiger charge is 2.20. The van der Waals surface area contributed by atoms with E-state index in [4.69, 9.17) is 11.6 Å². The number of halogens is 1. The molecule has 0 N–H and O–H groups in total. The van der Waals surface area contributed by atoms with Gasteiger partial charge in [-0.25, -0.2) is 4.98 Å². The molecular weight excluding hydrogens is 292 g/mol. The van der Waals surface area contributed by atoms with Gasteiger partial charge >= 0.3 is 0 Å². The summed E-state index contributed by atoms with van der Waals surface area (Å²) in [5.41, 5.74) is 2.81. The van der Waals surface area contributed by atoms with Crippen molar-refractivity contribution in [3.63, 3.8) is 0 Å². The van der Waals surface area contributed by atoms with E-state index in [0.717, 1.165) is 28.5 Å². The molecule has 0 saturated heterocycles. The van der Waals surface area contributed by atoms with Gasteiger partial charge in [0.05, 0.1) is 10.4 Å². The Kier molecular flexibility index (Phi) is 4.66. The van der Waals surface area contributed by atoms with Crippen molar-refractivity contribution in [3.8, 4) is 0 Å². The summed E-state index contributed by atoms with van der Waals surface area (Å²) in [7, 11) is 0. The van der Waals surface area contributed by atoms with E-state index in [-0.39, 0.29) is 5.78 Å². The predicted octanol–water partition coefficient (Wildman–Crippen LogP) is 4.18. The molecule has 3 nitrogen and oxygen atoms in total. The molecule has 0 fully saturated rings. The standard InChI is InChI=1S/C15H19ClN2OS/c1-9(15-17-5-6-20-15)8-18-10(2)7-13(12(18)4)14(19)11(3)16/h5-7,9,11H,8H2,1-4H3. The van der Waals surface area contributed by atoms with Crippen molar-refractivity contribution in [1.82, 2.24) is 9.55 Å². The third kappa shape index (κ3) is 2.96. The van der Waals surface area contributed by atoms with Gasteiger partial charge < -0.3 is 4.57 Å². The van der Waals surface area contributed by atoms with E-state index >= 15 is 0 Å². The summed E-state index contributed by atoms with van der Waals surface area (Å²) in [4.78, 5) is 16.4. The Hall–Kier alpha value is -1.13. The second kappa shape index (κ2) is 6.10. The van der Waals surface area contributed by atoms with Crippen LogP contribution in [-0.2, 0) is 6.54 Å². The minimum absolute atomic E-state index is 0.00656. The highest BCUT2D eigenvalue weighted by atomic mass is 35.5. The molecule has 2 unspecified atom stereocenters. The molecule has 0 saturated carbocycles. The normalized spacial score (nSPS) is 14.2. The van der Waals surface area contributed by atoms with Gasteiger partial charge in [-0.2, -0.15) is 0 Å². The number of nitrogens with zero attached hydrogens (tertiary/aromatic N) is 2. The number of carbonyl (C=O) groups excluding carboxylic acids is 1. The summed E-state index contributed by atoms with van der Waals surface area (Å²) in [5.74, 6) is 0.323. The van der Waals surface area contributed by atoms with E-state index in [9.17, 15) is 4.79 Å². The highest BCUT2D eigenvalue weighted by Crippen LogP contribution is 2.24. The zero-order valence-electron chi connectivity index (χ0n) is 12.2. The number of aryl methyl sites for hydroxylation is 1. The van der Waals surface area contributed by atoms with Gasteiger partial charge in [-0.15, -0.1) is 22.9 Å². The van der Waals surface area contributed by atoms with Crippen LogP contribution in [-0.4, -0.2) is 20.7 Å². The van der Waals surface area contributed by atoms with Crippen LogP contribution in [0.4, 0.5) is 0 Å². The fraction of sp³-hybridized carbons (Fsp3) is 0.467. The summed E-state index contributed by atoms with van der Waals surface area (Å²) in [5, 5.41) is 2.63. The molecule has 0 spiro atoms. The molecule has 0 amide bonds. The third-order valence-electron chi connectivity index (χ3n) is 3.53. The Morgan fingerprint density at radius 3 is 2.70 bits per heavy atom. The number of alkyl halides is 1. The molecule has 0 aromatic carbocycles. The maximum atomic E-state index is 12.1. The summed E-state index contributed by atoms with van der Waals surface area (Å²) in [6.45, 7) is 8.71. The predicted molar refractivity (Wildman–Crippen MR) is 84.1 cm³/mol. The molecule has 0 bridgehead atoms. The lowest BCUT2D eigenvalue weighted by Gasteiger charge is -2.14. The van der Waals surface area contributed by atoms with Gasteiger partial charge in [0.15, 0.2) is 5.78 Å². The van der Waals surface area contributed by atoms with Gasteiger partial charge in [0.2, 0.25) is 0 Å². The van der Waals surface area contributed by atoms with Crippen LogP contribution >= 0.6 is 22.9 Å². The lowest BCUT2D eigenvalue weighted by atomic mass is 10.1. The van der Waals surface area contributed by atoms with Gasteiger partial charge in [-0.05, 0) is 26.8 Å². The number of carbonyl (C=O) groups is 1. The average molecular weight is 311 g/mol. The first-order chi connectivity index (χ1) is 9.41. The molecule has 2 heterocycles. The number of Topliss-reactive ketones (excluding diaryl/α,β-unsaturated/α-hetero) is 1. The Labute approximate surface area is 128 Å². The Balaban J connectivity index is 2.27. The number of hydrogen-bond donors (Lipinski definition) is 0. The fourth-order valence-electron chi connectivity index (χ4n) is 2.38. The molecule has 108 valence electrons. The van der Waals surface area contributed by atoms with Crippen LogP contribution in [0.25, 0.3) is 0 Å². The number of ketones is 1. The largest absolute Gasteiger partial charge is 0.348 e. The van der Waals surface area contributed by atoms with Crippen molar-refractivity contribution in [2.75, 3.05) is 0 Å². The van der Waals surface area contributed by atoms with Gasteiger partial charge in [0.1, 0.15) is 0 Å². The van der Waals surface area contributed by atoms with Gasteiger partial charge in [-0.3, -0.25) is 4.79 Å². The fourth-order valence-corrected chi connectivity index (χ4v) is 3.18. The lowest BCUT2D eigenvalue weighted by molar-refractivity contribution is 0.0991. The summed E-state index contributed by atoms with van der Waals surface area (Å²) in [6.07, 6.45) is 1.83. The first-order valence-electron chi connectivity index (χ1n) is 6.66. The van der Waals surface area contributed by atoms with Gasteiger partial charge in [-0.1, -0.05) is 6.92 Å². The Bertz CT molecular complexity index is 602. The number of hydrogen-bond acceptors (Lipinski definition) is 3. The van der Waals surface area contributed by atoms with Crippen molar-refractivity contribution >= 4 is 28.7 Å². The summed E-state index contributed by atoms with van der Waals surface area (Å²) in [6, 6.07) is 1.94. The Morgan fingerprint density at radius 2 is 2.15 bits per heavy atom. The molecule has 2 atom stereocenters. The van der Waals surface area contributed by atoms with Crippen molar-refractivity contribution in [2.24, 2.45) is 0 Å². The molecule has 2 aromatic heterocycles. The average Bonchev–Trinajstić information content (AvgIpc) is 3.01. The van der Waals surface area contributed by atoms with E-state index < -0.39 is 5.38 Å².